The van der Waals surface area contributed by atoms with E-state index in [0.29, 0.717) is 21.9 Å². The van der Waals surface area contributed by atoms with Crippen molar-refractivity contribution in [3.63, 3.8) is 0 Å². The summed E-state index contributed by atoms with van der Waals surface area (Å²) >= 11 is 5.60. The van der Waals surface area contributed by atoms with Gasteiger partial charge in [0.1, 0.15) is 0 Å². The monoisotopic (exact) mass is 462 g/mol. The number of thiocarbonyl (C=S) groups is 1. The van der Waals surface area contributed by atoms with Crippen molar-refractivity contribution in [2.24, 2.45) is 0 Å². The van der Waals surface area contributed by atoms with Crippen LogP contribution in [0.3, 0.4) is 0 Å². The van der Waals surface area contributed by atoms with Gasteiger partial charge in [-0.15, -0.1) is 0 Å². The Bertz CT molecular complexity index is 1040. The van der Waals surface area contributed by atoms with Crippen molar-refractivity contribution in [2.45, 2.75) is 33.4 Å². The third-order valence-corrected chi connectivity index (χ3v) is 5.31. The van der Waals surface area contributed by atoms with Crippen molar-refractivity contribution < 1.29 is 27.8 Å². The summed E-state index contributed by atoms with van der Waals surface area (Å²) in [5.74, 6) is -0.532. The van der Waals surface area contributed by atoms with Gasteiger partial charge in [0, 0.05) is 11.4 Å². The fourth-order valence-electron chi connectivity index (χ4n) is 3.53. The van der Waals surface area contributed by atoms with Crippen LogP contribution >= 0.6 is 12.2 Å². The van der Waals surface area contributed by atoms with E-state index in [2.05, 4.69) is 10.1 Å². The summed E-state index contributed by atoms with van der Waals surface area (Å²) in [6, 6.07) is 11.5. The van der Waals surface area contributed by atoms with Gasteiger partial charge in [-0.1, -0.05) is 23.8 Å². The van der Waals surface area contributed by atoms with Gasteiger partial charge in [-0.25, -0.2) is 4.79 Å². The van der Waals surface area contributed by atoms with Crippen LogP contribution in [0.2, 0.25) is 0 Å². The number of esters is 1. The second kappa shape index (κ2) is 9.95. The highest BCUT2D eigenvalue weighted by atomic mass is 32.1. The van der Waals surface area contributed by atoms with Crippen molar-refractivity contribution in [3.8, 4) is 11.5 Å². The minimum Gasteiger partial charge on any atom is -0.493 e. The summed E-state index contributed by atoms with van der Waals surface area (Å²) < 4.78 is 40.8. The lowest BCUT2D eigenvalue weighted by Gasteiger charge is -2.37. The first kappa shape index (κ1) is 23.5. The Balaban J connectivity index is 2.12. The van der Waals surface area contributed by atoms with Gasteiger partial charge in [-0.3, -0.25) is 4.90 Å². The average Bonchev–Trinajstić information content (AvgIpc) is 2.74. The predicted octanol–water partition coefficient (Wildman–Crippen LogP) is 4.88. The van der Waals surface area contributed by atoms with Crippen LogP contribution in [0.25, 0.3) is 0 Å². The van der Waals surface area contributed by atoms with E-state index in [0.717, 1.165) is 11.3 Å². The minimum atomic E-state index is -3.03. The van der Waals surface area contributed by atoms with Crippen LogP contribution in [0, 0.1) is 6.92 Å². The number of ether oxygens (including phenoxy) is 3. The quantitative estimate of drug-likeness (QED) is 0.465. The largest absolute Gasteiger partial charge is 0.493 e. The van der Waals surface area contributed by atoms with Crippen LogP contribution < -0.4 is 19.7 Å². The molecule has 0 aromatic heterocycles. The van der Waals surface area contributed by atoms with Gasteiger partial charge < -0.3 is 19.5 Å². The molecule has 32 heavy (non-hydrogen) atoms. The van der Waals surface area contributed by atoms with Gasteiger partial charge in [-0.2, -0.15) is 8.78 Å². The summed E-state index contributed by atoms with van der Waals surface area (Å²) in [4.78, 5) is 14.7. The highest BCUT2D eigenvalue weighted by Gasteiger charge is 2.36. The number of carbonyl (C=O) groups excluding carboxylic acids is 1. The van der Waals surface area contributed by atoms with E-state index in [1.807, 2.05) is 31.2 Å². The number of benzene rings is 2. The molecule has 2 aromatic carbocycles. The Kier molecular flexibility index (Phi) is 7.29. The normalized spacial score (nSPS) is 16.2. The summed E-state index contributed by atoms with van der Waals surface area (Å²) in [7, 11) is 1.36. The van der Waals surface area contributed by atoms with Crippen LogP contribution in [0.1, 0.15) is 31.0 Å². The van der Waals surface area contributed by atoms with Crippen molar-refractivity contribution in [2.75, 3.05) is 18.6 Å². The standard InChI is InChI=1S/C23H24F2N2O4S/c1-5-30-21(28)19-14(3)27(16-9-6-13(2)7-10-16)23(32)26-20(19)15-8-11-17(29-4)18(12-15)31-22(24)25/h6-12,20,22H,5H2,1-4H3,(H,26,32). The molecule has 6 nitrogen and oxygen atoms in total. The number of anilines is 1. The van der Waals surface area contributed by atoms with Gasteiger partial charge in [0.15, 0.2) is 16.6 Å². The molecule has 0 radical (unpaired) electrons. The van der Waals surface area contributed by atoms with Crippen molar-refractivity contribution in [3.05, 3.63) is 64.9 Å². The Morgan fingerprint density at radius 1 is 1.16 bits per heavy atom. The Labute approximate surface area is 190 Å². The molecule has 1 N–H and O–H groups in total. The number of aryl methyl sites for hydroxylation is 1. The number of allylic oxidation sites excluding steroid dienone is 1. The number of alkyl halides is 2. The molecule has 3 rings (SSSR count). The van der Waals surface area contributed by atoms with Crippen LogP contribution in [0.5, 0.6) is 11.5 Å². The van der Waals surface area contributed by atoms with Gasteiger partial charge in [0.2, 0.25) is 0 Å². The van der Waals surface area contributed by atoms with Crippen LogP contribution in [0.4, 0.5) is 14.5 Å². The molecule has 9 heteroatoms. The third-order valence-electron chi connectivity index (χ3n) is 5.01. The summed E-state index contributed by atoms with van der Waals surface area (Å²) in [5.41, 5.74) is 3.25. The molecule has 0 saturated carbocycles. The zero-order valence-electron chi connectivity index (χ0n) is 18.1. The third kappa shape index (κ3) is 4.83. The number of hydrogen-bond acceptors (Lipinski definition) is 5. The van der Waals surface area contributed by atoms with Gasteiger partial charge in [0.25, 0.3) is 0 Å². The molecule has 2 aromatic rings. The van der Waals surface area contributed by atoms with Gasteiger partial charge >= 0.3 is 12.6 Å². The molecule has 1 aliphatic rings. The van der Waals surface area contributed by atoms with Crippen molar-refractivity contribution >= 4 is 29.0 Å². The highest BCUT2D eigenvalue weighted by Crippen LogP contribution is 2.38. The maximum atomic E-state index is 12.9. The molecule has 1 heterocycles. The Morgan fingerprint density at radius 2 is 1.84 bits per heavy atom. The molecular weight excluding hydrogens is 438 g/mol. The summed E-state index contributed by atoms with van der Waals surface area (Å²) in [6.07, 6.45) is 0. The topological polar surface area (TPSA) is 60.0 Å². The van der Waals surface area contributed by atoms with E-state index < -0.39 is 18.6 Å². The fourth-order valence-corrected chi connectivity index (χ4v) is 3.89. The SMILES string of the molecule is CCOC(=O)C1=C(C)N(c2ccc(C)cc2)C(=S)NC1c1ccc(OC)c(OC(F)F)c1. The molecule has 0 bridgehead atoms. The molecule has 1 aliphatic heterocycles. The lowest BCUT2D eigenvalue weighted by molar-refractivity contribution is -0.139. The number of rotatable bonds is 7. The maximum absolute atomic E-state index is 12.9. The molecule has 0 amide bonds. The summed E-state index contributed by atoms with van der Waals surface area (Å²) in [6.45, 7) is 2.61. The number of methoxy groups -OCH3 is 1. The van der Waals surface area contributed by atoms with Crippen LogP contribution in [-0.2, 0) is 9.53 Å². The van der Waals surface area contributed by atoms with E-state index >= 15 is 0 Å². The number of halogens is 2. The fraction of sp³-hybridized carbons (Fsp3) is 0.304. The Hall–Kier alpha value is -3.20. The molecular formula is C23H24F2N2O4S. The van der Waals surface area contributed by atoms with Gasteiger partial charge in [0.05, 0.1) is 25.3 Å². The van der Waals surface area contributed by atoms with Crippen molar-refractivity contribution in [1.82, 2.24) is 5.32 Å². The lowest BCUT2D eigenvalue weighted by Crippen LogP contribution is -2.48. The molecule has 0 aliphatic carbocycles. The molecule has 0 spiro atoms. The molecule has 0 saturated heterocycles. The van der Waals surface area contributed by atoms with Crippen LogP contribution in [0.15, 0.2) is 53.7 Å². The molecule has 1 unspecified atom stereocenters. The van der Waals surface area contributed by atoms with Gasteiger partial charge in [-0.05, 0) is 62.8 Å². The zero-order valence-corrected chi connectivity index (χ0v) is 19.0. The molecule has 170 valence electrons. The van der Waals surface area contributed by atoms with E-state index in [1.165, 1.54) is 19.2 Å². The van der Waals surface area contributed by atoms with Crippen molar-refractivity contribution in [1.29, 1.82) is 0 Å². The number of carbonyl (C=O) groups is 1. The maximum Gasteiger partial charge on any atom is 0.387 e. The minimum absolute atomic E-state index is 0.144. The lowest BCUT2D eigenvalue weighted by atomic mass is 9.94. The highest BCUT2D eigenvalue weighted by molar-refractivity contribution is 7.80. The number of hydrogen-bond donors (Lipinski definition) is 1. The second-order valence-electron chi connectivity index (χ2n) is 7.06. The van der Waals surface area contributed by atoms with Crippen LogP contribution in [-0.4, -0.2) is 31.4 Å². The first-order chi connectivity index (χ1) is 15.3. The smallest absolute Gasteiger partial charge is 0.387 e. The Morgan fingerprint density at radius 3 is 2.44 bits per heavy atom. The average molecular weight is 463 g/mol. The van der Waals surface area contributed by atoms with E-state index in [9.17, 15) is 13.6 Å². The molecule has 0 fully saturated rings. The van der Waals surface area contributed by atoms with E-state index in [-0.39, 0.29) is 18.1 Å². The zero-order chi connectivity index (χ0) is 23.4. The second-order valence-corrected chi connectivity index (χ2v) is 7.45. The first-order valence-electron chi connectivity index (χ1n) is 9.94. The number of nitrogens with zero attached hydrogens (tertiary/aromatic N) is 1. The first-order valence-corrected chi connectivity index (χ1v) is 10.4. The molecule has 1 atom stereocenters. The van der Waals surface area contributed by atoms with E-state index in [1.54, 1.807) is 24.8 Å². The number of nitrogens with one attached hydrogen (secondary N) is 1. The van der Waals surface area contributed by atoms with E-state index in [4.69, 9.17) is 21.7 Å². The summed E-state index contributed by atoms with van der Waals surface area (Å²) in [5, 5.41) is 3.51. The predicted molar refractivity (Wildman–Crippen MR) is 121 cm³/mol.